The first-order chi connectivity index (χ1) is 10.1. The molecule has 108 valence electrons. The molecule has 0 fully saturated rings. The number of aromatic nitrogens is 2. The van der Waals surface area contributed by atoms with Crippen LogP contribution in [0.5, 0.6) is 0 Å². The van der Waals surface area contributed by atoms with Crippen LogP contribution < -0.4 is 5.32 Å². The third-order valence-corrected chi connectivity index (χ3v) is 3.82. The fourth-order valence-corrected chi connectivity index (χ4v) is 2.73. The first-order valence-electron chi connectivity index (χ1n) is 6.57. The van der Waals surface area contributed by atoms with E-state index in [0.717, 1.165) is 0 Å². The number of aliphatic hydroxyl groups is 1. The van der Waals surface area contributed by atoms with Crippen molar-refractivity contribution in [2.45, 2.75) is 19.4 Å². The molecule has 21 heavy (non-hydrogen) atoms. The maximum Gasteiger partial charge on any atom is 0.183 e. The molecule has 0 aliphatic carbocycles. The molecule has 2 aromatic heterocycles. The first-order valence-corrected chi connectivity index (χ1v) is 7.45. The maximum atomic E-state index is 11.9. The molecule has 1 aliphatic heterocycles. The van der Waals surface area contributed by atoms with Gasteiger partial charge in [0, 0.05) is 36.3 Å². The second kappa shape index (κ2) is 5.71. The number of fused-ring (bicyclic) bond motifs is 1. The number of carbonyl (C=O) groups is 1. The van der Waals surface area contributed by atoms with E-state index in [4.69, 9.17) is 0 Å². The quantitative estimate of drug-likeness (QED) is 0.904. The molecule has 3 rings (SSSR count). The van der Waals surface area contributed by atoms with Crippen LogP contribution in [0.2, 0.25) is 0 Å². The van der Waals surface area contributed by atoms with Gasteiger partial charge >= 0.3 is 0 Å². The molecule has 0 amide bonds. The molecule has 2 N–H and O–H groups in total. The van der Waals surface area contributed by atoms with E-state index in [9.17, 15) is 9.90 Å². The van der Waals surface area contributed by atoms with E-state index in [-0.39, 0.29) is 5.78 Å². The number of thiazole rings is 1. The van der Waals surface area contributed by atoms with Crippen LogP contribution in [0.4, 0.5) is 10.8 Å². The van der Waals surface area contributed by atoms with Crippen molar-refractivity contribution >= 4 is 34.2 Å². The Kier molecular flexibility index (Phi) is 3.76. The van der Waals surface area contributed by atoms with Gasteiger partial charge in [-0.05, 0) is 13.0 Å². The number of hydrogen-bond donors (Lipinski definition) is 2. The van der Waals surface area contributed by atoms with Gasteiger partial charge in [0.05, 0.1) is 6.10 Å². The fraction of sp³-hybridized carbons (Fsp3) is 0.286. The lowest BCUT2D eigenvalue weighted by Crippen LogP contribution is -2.15. The van der Waals surface area contributed by atoms with E-state index in [1.54, 1.807) is 25.4 Å². The van der Waals surface area contributed by atoms with Gasteiger partial charge in [0.1, 0.15) is 17.1 Å². The molecule has 1 atom stereocenters. The number of hydrogen-bond acceptors (Lipinski definition) is 7. The van der Waals surface area contributed by atoms with E-state index in [0.29, 0.717) is 40.7 Å². The van der Waals surface area contributed by atoms with Crippen LogP contribution in [0.25, 0.3) is 11.4 Å². The molecule has 0 aromatic carbocycles. The van der Waals surface area contributed by atoms with Crippen LogP contribution in [-0.2, 0) is 0 Å². The van der Waals surface area contributed by atoms with Crippen LogP contribution >= 0.6 is 11.3 Å². The number of aliphatic imine (C=N–C) groups is 1. The Balaban J connectivity index is 1.93. The Hall–Kier alpha value is -2.12. The molecule has 1 aliphatic rings. The molecule has 0 unspecified atom stereocenters. The highest BCUT2D eigenvalue weighted by molar-refractivity contribution is 7.14. The Morgan fingerprint density at radius 1 is 1.52 bits per heavy atom. The van der Waals surface area contributed by atoms with Crippen LogP contribution in [0.1, 0.15) is 23.7 Å². The summed E-state index contributed by atoms with van der Waals surface area (Å²) in [5.41, 5.74) is 2.46. The van der Waals surface area contributed by atoms with Gasteiger partial charge < -0.3 is 10.4 Å². The Bertz CT molecular complexity index is 709. The Morgan fingerprint density at radius 2 is 2.38 bits per heavy atom. The maximum absolute atomic E-state index is 11.9. The van der Waals surface area contributed by atoms with Gasteiger partial charge in [-0.2, -0.15) is 0 Å². The van der Waals surface area contributed by atoms with Crippen molar-refractivity contribution in [1.82, 2.24) is 9.97 Å². The summed E-state index contributed by atoms with van der Waals surface area (Å²) in [6.45, 7) is 2.14. The predicted octanol–water partition coefficient (Wildman–Crippen LogP) is 2.29. The van der Waals surface area contributed by atoms with Crippen LogP contribution in [-0.4, -0.2) is 39.7 Å². The molecule has 3 heterocycles. The van der Waals surface area contributed by atoms with Crippen molar-refractivity contribution in [2.24, 2.45) is 4.99 Å². The van der Waals surface area contributed by atoms with Gasteiger partial charge in [-0.25, -0.2) is 4.98 Å². The topological polar surface area (TPSA) is 87.5 Å². The highest BCUT2D eigenvalue weighted by atomic mass is 32.1. The van der Waals surface area contributed by atoms with Crippen molar-refractivity contribution in [1.29, 1.82) is 0 Å². The summed E-state index contributed by atoms with van der Waals surface area (Å²) in [6, 6.07) is 1.69. The number of ketones is 1. The zero-order valence-corrected chi connectivity index (χ0v) is 12.2. The second-order valence-electron chi connectivity index (χ2n) is 4.76. The molecule has 6 nitrogen and oxygen atoms in total. The lowest BCUT2D eigenvalue weighted by molar-refractivity contribution is 0.100. The summed E-state index contributed by atoms with van der Waals surface area (Å²) in [5.74, 6) is 0.0475. The minimum absolute atomic E-state index is 0.0475. The number of nitrogens with zero attached hydrogens (tertiary/aromatic N) is 3. The van der Waals surface area contributed by atoms with E-state index in [1.165, 1.54) is 11.3 Å². The average Bonchev–Trinajstić information content (AvgIpc) is 2.94. The summed E-state index contributed by atoms with van der Waals surface area (Å²) in [6.07, 6.45) is 3.10. The molecule has 0 spiro atoms. The Labute approximate surface area is 125 Å². The minimum atomic E-state index is -0.442. The number of Topliss-reactive ketones (excluding diaryl/α,β-unsaturated/α-hetero) is 1. The molecule has 0 bridgehead atoms. The summed E-state index contributed by atoms with van der Waals surface area (Å²) in [5, 5.41) is 14.9. The highest BCUT2D eigenvalue weighted by Crippen LogP contribution is 2.35. The molecular weight excluding hydrogens is 288 g/mol. The lowest BCUT2D eigenvalue weighted by Gasteiger charge is -2.10. The number of aliphatic hydroxyl groups excluding tert-OH is 1. The smallest absolute Gasteiger partial charge is 0.183 e. The van der Waals surface area contributed by atoms with Gasteiger partial charge in [0.2, 0.25) is 0 Å². The molecular formula is C14H14N4O2S. The van der Waals surface area contributed by atoms with Gasteiger partial charge in [0.15, 0.2) is 10.9 Å². The number of pyridine rings is 1. The number of anilines is 1. The number of rotatable bonds is 4. The molecule has 7 heteroatoms. The van der Waals surface area contributed by atoms with E-state index in [2.05, 4.69) is 20.3 Å². The van der Waals surface area contributed by atoms with Gasteiger partial charge in [0.25, 0.3) is 0 Å². The summed E-state index contributed by atoms with van der Waals surface area (Å²) >= 11 is 1.43. The summed E-state index contributed by atoms with van der Waals surface area (Å²) in [7, 11) is 0. The zero-order chi connectivity index (χ0) is 14.8. The standard InChI is InChI=1S/C14H14N4O2S/c1-8(19)6-17-14-18-10(7-21-14)13-12-9(2-4-16-13)11(20)3-5-15-12/h2,4-5,7-8,19H,3,6H2,1H3,(H,17,18)/t8-/m0/s1. The molecule has 0 saturated carbocycles. The largest absolute Gasteiger partial charge is 0.392 e. The molecule has 0 saturated heterocycles. The van der Waals surface area contributed by atoms with Crippen molar-refractivity contribution in [2.75, 3.05) is 11.9 Å². The van der Waals surface area contributed by atoms with Crippen LogP contribution in [0.15, 0.2) is 22.6 Å². The minimum Gasteiger partial charge on any atom is -0.392 e. The highest BCUT2D eigenvalue weighted by Gasteiger charge is 2.20. The number of carbonyl (C=O) groups excluding carboxylic acids is 1. The van der Waals surface area contributed by atoms with Gasteiger partial charge in [-0.15, -0.1) is 11.3 Å². The summed E-state index contributed by atoms with van der Waals surface area (Å²) in [4.78, 5) is 24.9. The molecule has 2 aromatic rings. The van der Waals surface area contributed by atoms with Crippen molar-refractivity contribution in [3.8, 4) is 11.4 Å². The third-order valence-electron chi connectivity index (χ3n) is 3.02. The number of nitrogens with one attached hydrogen (secondary N) is 1. The van der Waals surface area contributed by atoms with Gasteiger partial charge in [-0.3, -0.25) is 14.8 Å². The van der Waals surface area contributed by atoms with E-state index in [1.807, 2.05) is 5.38 Å². The van der Waals surface area contributed by atoms with Crippen LogP contribution in [0.3, 0.4) is 0 Å². The van der Waals surface area contributed by atoms with Crippen molar-refractivity contribution in [3.05, 3.63) is 23.2 Å². The van der Waals surface area contributed by atoms with Crippen molar-refractivity contribution in [3.63, 3.8) is 0 Å². The molecule has 0 radical (unpaired) electrons. The Morgan fingerprint density at radius 3 is 3.19 bits per heavy atom. The predicted molar refractivity (Wildman–Crippen MR) is 82.6 cm³/mol. The normalized spacial score (nSPS) is 14.9. The fourth-order valence-electron chi connectivity index (χ4n) is 2.03. The monoisotopic (exact) mass is 302 g/mol. The van der Waals surface area contributed by atoms with E-state index < -0.39 is 6.10 Å². The summed E-state index contributed by atoms with van der Waals surface area (Å²) < 4.78 is 0. The first kappa shape index (κ1) is 13.8. The zero-order valence-electron chi connectivity index (χ0n) is 11.4. The second-order valence-corrected chi connectivity index (χ2v) is 5.62. The van der Waals surface area contributed by atoms with Gasteiger partial charge in [-0.1, -0.05) is 0 Å². The van der Waals surface area contributed by atoms with Crippen LogP contribution in [0, 0.1) is 0 Å². The van der Waals surface area contributed by atoms with E-state index >= 15 is 0 Å². The average molecular weight is 302 g/mol. The third kappa shape index (κ3) is 2.84. The SMILES string of the molecule is C[C@H](O)CNc1nc(-c2nccc3c2N=CCC3=O)cs1. The lowest BCUT2D eigenvalue weighted by atomic mass is 10.0. The van der Waals surface area contributed by atoms with Crippen molar-refractivity contribution < 1.29 is 9.90 Å².